The van der Waals surface area contributed by atoms with Crippen LogP contribution in [0.15, 0.2) is 47.5 Å². The summed E-state index contributed by atoms with van der Waals surface area (Å²) in [5.74, 6) is -1.38. The first-order valence-electron chi connectivity index (χ1n) is 11.9. The summed E-state index contributed by atoms with van der Waals surface area (Å²) in [7, 11) is 1.92. The van der Waals surface area contributed by atoms with Gasteiger partial charge in [-0.05, 0) is 25.1 Å². The Balaban J connectivity index is 1.66. The fraction of sp³-hybridized carbons (Fsp3) is 0.240. The first-order chi connectivity index (χ1) is 19.7. The third-order valence-corrected chi connectivity index (χ3v) is 5.54. The molecule has 0 N–H and O–H groups in total. The summed E-state index contributed by atoms with van der Waals surface area (Å²) in [4.78, 5) is 48.3. The number of nitrogens with zero attached hydrogens (tertiary/aromatic N) is 7. The minimum atomic E-state index is -1.19. The molecule has 4 rings (SSSR count). The summed E-state index contributed by atoms with van der Waals surface area (Å²) < 4.78 is 21.3. The third kappa shape index (κ3) is 6.42. The van der Waals surface area contributed by atoms with E-state index in [9.17, 15) is 30.3 Å². The van der Waals surface area contributed by atoms with Crippen molar-refractivity contribution >= 4 is 23.2 Å². The van der Waals surface area contributed by atoms with Crippen LogP contribution in [0.2, 0.25) is 0 Å². The molecule has 1 aliphatic rings. The average molecular weight is 563 g/mol. The largest absolute Gasteiger partial charge is 0.461 e. The fourth-order valence-corrected chi connectivity index (χ4v) is 3.70. The molecule has 41 heavy (non-hydrogen) atoms. The lowest BCUT2D eigenvalue weighted by atomic mass is 10.2. The Morgan fingerprint density at radius 3 is 2.59 bits per heavy atom. The molecule has 3 aromatic rings. The van der Waals surface area contributed by atoms with Gasteiger partial charge in [0, 0.05) is 31.3 Å². The minimum Gasteiger partial charge on any atom is -0.461 e. The Hall–Kier alpha value is -5.85. The predicted octanol–water partition coefficient (Wildman–Crippen LogP) is 3.24. The van der Waals surface area contributed by atoms with E-state index in [1.54, 1.807) is 24.3 Å². The Bertz CT molecular complexity index is 1590. The molecule has 1 aliphatic heterocycles. The van der Waals surface area contributed by atoms with Gasteiger partial charge in [0.05, 0.1) is 34.6 Å². The number of aliphatic imine (C=N–C) groups is 1. The van der Waals surface area contributed by atoms with Crippen LogP contribution in [0, 0.1) is 31.6 Å². The van der Waals surface area contributed by atoms with Crippen molar-refractivity contribution in [1.29, 1.82) is 5.26 Å². The normalized spacial score (nSPS) is 12.2. The number of rotatable bonds is 11. The summed E-state index contributed by atoms with van der Waals surface area (Å²) in [6, 6.07) is 11.4. The zero-order chi connectivity index (χ0) is 29.5. The van der Waals surface area contributed by atoms with Gasteiger partial charge in [0.2, 0.25) is 18.2 Å². The van der Waals surface area contributed by atoms with E-state index in [-0.39, 0.29) is 12.2 Å². The summed E-state index contributed by atoms with van der Waals surface area (Å²) in [6.45, 7) is 2.32. The van der Waals surface area contributed by atoms with Crippen molar-refractivity contribution in [3.63, 3.8) is 0 Å². The van der Waals surface area contributed by atoms with E-state index in [1.807, 2.05) is 18.0 Å². The van der Waals surface area contributed by atoms with Gasteiger partial charge >= 0.3 is 29.2 Å². The molecular weight excluding hydrogens is 542 g/mol. The first kappa shape index (κ1) is 28.2. The van der Waals surface area contributed by atoms with Gasteiger partial charge in [0.15, 0.2) is 0 Å². The highest BCUT2D eigenvalue weighted by Crippen LogP contribution is 2.38. The molecule has 16 nitrogen and oxygen atoms in total. The van der Waals surface area contributed by atoms with Crippen molar-refractivity contribution in [2.24, 2.45) is 4.99 Å². The smallest absolute Gasteiger partial charge is 0.364 e. The van der Waals surface area contributed by atoms with Crippen molar-refractivity contribution in [3.8, 4) is 29.5 Å². The molecule has 0 bridgehead atoms. The van der Waals surface area contributed by atoms with Crippen LogP contribution in [0.1, 0.15) is 28.5 Å². The number of ether oxygens (including phenoxy) is 4. The van der Waals surface area contributed by atoms with E-state index in [1.165, 1.54) is 13.0 Å². The van der Waals surface area contributed by atoms with Crippen molar-refractivity contribution < 1.29 is 33.6 Å². The van der Waals surface area contributed by atoms with Gasteiger partial charge in [-0.2, -0.15) is 15.2 Å². The first-order valence-corrected chi connectivity index (χ1v) is 11.9. The van der Waals surface area contributed by atoms with Gasteiger partial charge in [0.1, 0.15) is 11.6 Å². The lowest BCUT2D eigenvalue weighted by Crippen LogP contribution is -2.23. The second kappa shape index (κ2) is 12.3. The third-order valence-electron chi connectivity index (χ3n) is 5.54. The topological polar surface area (TPSA) is 205 Å². The van der Waals surface area contributed by atoms with Gasteiger partial charge in [0.25, 0.3) is 0 Å². The van der Waals surface area contributed by atoms with Crippen LogP contribution in [0.4, 0.5) is 11.4 Å². The van der Waals surface area contributed by atoms with Gasteiger partial charge in [-0.3, -0.25) is 25.2 Å². The molecule has 0 aliphatic carbocycles. The number of hydrogen-bond acceptors (Lipinski definition) is 14. The fourth-order valence-electron chi connectivity index (χ4n) is 3.70. The summed E-state index contributed by atoms with van der Waals surface area (Å²) >= 11 is 0. The number of hydrogen-bond donors (Lipinski definition) is 0. The Morgan fingerprint density at radius 2 is 1.93 bits per heavy atom. The molecule has 0 atom stereocenters. The average Bonchev–Trinajstić information content (AvgIpc) is 3.38. The molecule has 0 amide bonds. The number of esters is 1. The molecule has 0 radical (unpaired) electrons. The lowest BCUT2D eigenvalue weighted by molar-refractivity contribution is -0.388. The number of carbonyl (C=O) groups is 1. The van der Waals surface area contributed by atoms with Crippen LogP contribution < -0.4 is 14.2 Å². The van der Waals surface area contributed by atoms with Gasteiger partial charge in [-0.15, -0.1) is 0 Å². The van der Waals surface area contributed by atoms with E-state index in [0.29, 0.717) is 12.3 Å². The summed E-state index contributed by atoms with van der Waals surface area (Å²) in [6.07, 6.45) is 0. The van der Waals surface area contributed by atoms with Crippen molar-refractivity contribution in [2.45, 2.75) is 6.92 Å². The molecular formula is C25H21N7O9. The molecule has 1 aromatic heterocycles. The predicted molar refractivity (Wildman–Crippen MR) is 139 cm³/mol. The zero-order valence-corrected chi connectivity index (χ0v) is 21.7. The van der Waals surface area contributed by atoms with Gasteiger partial charge in [-0.25, -0.2) is 4.79 Å². The molecule has 2 heterocycles. The minimum absolute atomic E-state index is 0.0326. The van der Waals surface area contributed by atoms with Gasteiger partial charge < -0.3 is 23.8 Å². The van der Waals surface area contributed by atoms with Gasteiger partial charge in [-0.1, -0.05) is 12.1 Å². The SMILES string of the molecule is CCOC(=O)c1nc(OCOc2cccc(C3=NCCN3C)c2)nc(Oc2cc(C#N)ccc2[N+](=O)[O-])c1[N+](=O)[O-]. The second-order valence-corrected chi connectivity index (χ2v) is 8.20. The van der Waals surface area contributed by atoms with E-state index in [0.717, 1.165) is 30.1 Å². The molecule has 0 saturated heterocycles. The molecule has 0 spiro atoms. The molecule has 0 unspecified atom stereocenters. The number of nitro benzene ring substituents is 1. The van der Waals surface area contributed by atoms with E-state index >= 15 is 0 Å². The lowest BCUT2D eigenvalue weighted by Gasteiger charge is -2.15. The van der Waals surface area contributed by atoms with Crippen LogP contribution in [0.5, 0.6) is 23.4 Å². The number of likely N-dealkylation sites (N-methyl/N-ethyl adjacent to an activating group) is 1. The van der Waals surface area contributed by atoms with Crippen molar-refractivity contribution in [2.75, 3.05) is 33.5 Å². The Morgan fingerprint density at radius 1 is 1.12 bits per heavy atom. The number of carbonyl (C=O) groups excluding carboxylic acids is 1. The van der Waals surface area contributed by atoms with Crippen LogP contribution in [-0.4, -0.2) is 70.1 Å². The maximum atomic E-state index is 12.6. The molecule has 2 aromatic carbocycles. The number of nitriles is 1. The van der Waals surface area contributed by atoms with Crippen LogP contribution in [0.3, 0.4) is 0 Å². The van der Waals surface area contributed by atoms with Crippen LogP contribution in [0.25, 0.3) is 0 Å². The number of aromatic nitrogens is 2. The highest BCUT2D eigenvalue weighted by atomic mass is 16.7. The Labute approximate surface area is 231 Å². The molecule has 0 fully saturated rings. The zero-order valence-electron chi connectivity index (χ0n) is 21.7. The number of nitro groups is 2. The highest BCUT2D eigenvalue weighted by molar-refractivity contribution is 5.99. The monoisotopic (exact) mass is 563 g/mol. The van der Waals surface area contributed by atoms with Crippen molar-refractivity contribution in [3.05, 3.63) is 79.5 Å². The van der Waals surface area contributed by atoms with Crippen LogP contribution in [-0.2, 0) is 4.74 Å². The van der Waals surface area contributed by atoms with E-state index in [4.69, 9.17) is 18.9 Å². The van der Waals surface area contributed by atoms with E-state index < -0.39 is 57.3 Å². The Kier molecular flexibility index (Phi) is 8.48. The quantitative estimate of drug-likeness (QED) is 0.142. The maximum Gasteiger partial charge on any atom is 0.364 e. The number of benzene rings is 2. The number of amidine groups is 1. The van der Waals surface area contributed by atoms with Crippen molar-refractivity contribution in [1.82, 2.24) is 14.9 Å². The second-order valence-electron chi connectivity index (χ2n) is 8.20. The van der Waals surface area contributed by atoms with E-state index in [2.05, 4.69) is 15.0 Å². The molecule has 16 heteroatoms. The molecule has 0 saturated carbocycles. The molecule has 210 valence electrons. The maximum absolute atomic E-state index is 12.6. The van der Waals surface area contributed by atoms with Crippen LogP contribution >= 0.6 is 0 Å². The highest BCUT2D eigenvalue weighted by Gasteiger charge is 2.34. The standard InChI is InChI=1S/C25H21N7O9/c1-3-38-24(33)20-21(32(36)37)23(41-19-11-15(13-26)7-8-18(19)31(34)35)29-25(28-20)40-14-39-17-6-4-5-16(12-17)22-27-9-10-30(22)2/h4-8,11-12H,3,9-10,14H2,1-2H3. The summed E-state index contributed by atoms with van der Waals surface area (Å²) in [5.41, 5.74) is -1.68. The summed E-state index contributed by atoms with van der Waals surface area (Å²) in [5, 5.41) is 32.6.